The minimum atomic E-state index is -0.659. The summed E-state index contributed by atoms with van der Waals surface area (Å²) in [5, 5.41) is 13.8. The standard InChI is InChI=1S/C18H19N3O5/c1-11-5-6-12(18(23)20(2)3)9-15(11)19-17(22)14-10-13(26-4)7-8-16(14)21(24)25/h5-10H,1-4H3,(H,19,22). The number of nitro groups is 1. The van der Waals surface area contributed by atoms with E-state index in [4.69, 9.17) is 4.74 Å². The Labute approximate surface area is 150 Å². The van der Waals surface area contributed by atoms with Gasteiger partial charge < -0.3 is 15.0 Å². The fraction of sp³-hybridized carbons (Fsp3) is 0.222. The second-order valence-corrected chi connectivity index (χ2v) is 5.82. The van der Waals surface area contributed by atoms with E-state index in [9.17, 15) is 19.7 Å². The number of ether oxygens (including phenoxy) is 1. The molecule has 0 unspecified atom stereocenters. The zero-order valence-electron chi connectivity index (χ0n) is 14.9. The number of hydrogen-bond donors (Lipinski definition) is 1. The molecule has 0 aliphatic rings. The smallest absolute Gasteiger partial charge is 0.282 e. The molecule has 2 aromatic carbocycles. The molecule has 0 spiro atoms. The van der Waals surface area contributed by atoms with Crippen LogP contribution < -0.4 is 10.1 Å². The number of carbonyl (C=O) groups excluding carboxylic acids is 2. The quantitative estimate of drug-likeness (QED) is 0.655. The van der Waals surface area contributed by atoms with Gasteiger partial charge in [0.05, 0.1) is 12.0 Å². The van der Waals surface area contributed by atoms with Crippen LogP contribution in [0.1, 0.15) is 26.3 Å². The number of nitrogens with one attached hydrogen (secondary N) is 1. The third kappa shape index (κ3) is 3.97. The Morgan fingerprint density at radius 3 is 2.42 bits per heavy atom. The summed E-state index contributed by atoms with van der Waals surface area (Å²) in [6.45, 7) is 1.76. The molecule has 26 heavy (non-hydrogen) atoms. The van der Waals surface area contributed by atoms with Crippen LogP contribution in [0, 0.1) is 17.0 Å². The molecule has 0 fully saturated rings. The van der Waals surface area contributed by atoms with Crippen LogP contribution in [-0.2, 0) is 0 Å². The predicted molar refractivity (Wildman–Crippen MR) is 96.8 cm³/mol. The Kier molecular flexibility index (Phi) is 5.56. The van der Waals surface area contributed by atoms with Gasteiger partial charge in [-0.15, -0.1) is 0 Å². The summed E-state index contributed by atoms with van der Waals surface area (Å²) in [6.07, 6.45) is 0. The van der Waals surface area contributed by atoms with Gasteiger partial charge in [-0.05, 0) is 36.8 Å². The first kappa shape index (κ1) is 18.9. The van der Waals surface area contributed by atoms with Crippen LogP contribution in [0.2, 0.25) is 0 Å². The number of aryl methyl sites for hydroxylation is 1. The van der Waals surface area contributed by atoms with E-state index >= 15 is 0 Å². The molecule has 2 amide bonds. The monoisotopic (exact) mass is 357 g/mol. The molecule has 2 aromatic rings. The molecule has 0 aromatic heterocycles. The summed E-state index contributed by atoms with van der Waals surface area (Å²) in [5.74, 6) is -0.546. The van der Waals surface area contributed by atoms with Gasteiger partial charge in [0.2, 0.25) is 0 Å². The first-order valence-corrected chi connectivity index (χ1v) is 7.70. The maximum absolute atomic E-state index is 12.6. The molecule has 0 saturated carbocycles. The second kappa shape index (κ2) is 7.64. The SMILES string of the molecule is COc1ccc([N+](=O)[O-])c(C(=O)Nc2cc(C(=O)N(C)C)ccc2C)c1. The van der Waals surface area contributed by atoms with Crippen molar-refractivity contribution in [1.29, 1.82) is 0 Å². The van der Waals surface area contributed by atoms with Crippen molar-refractivity contribution in [3.05, 3.63) is 63.2 Å². The van der Waals surface area contributed by atoms with Gasteiger partial charge in [0.25, 0.3) is 17.5 Å². The van der Waals surface area contributed by atoms with E-state index in [1.54, 1.807) is 39.2 Å². The normalized spacial score (nSPS) is 10.2. The van der Waals surface area contributed by atoms with Crippen molar-refractivity contribution in [2.75, 3.05) is 26.5 Å². The lowest BCUT2D eigenvalue weighted by molar-refractivity contribution is -0.385. The van der Waals surface area contributed by atoms with Crippen molar-refractivity contribution < 1.29 is 19.2 Å². The molecule has 8 heteroatoms. The van der Waals surface area contributed by atoms with Crippen LogP contribution in [0.3, 0.4) is 0 Å². The topological polar surface area (TPSA) is 102 Å². The average Bonchev–Trinajstić information content (AvgIpc) is 2.62. The Balaban J connectivity index is 2.40. The Bertz CT molecular complexity index is 877. The van der Waals surface area contributed by atoms with E-state index in [2.05, 4.69) is 5.32 Å². The average molecular weight is 357 g/mol. The molecule has 0 bridgehead atoms. The fourth-order valence-corrected chi connectivity index (χ4v) is 2.32. The maximum Gasteiger partial charge on any atom is 0.282 e. The highest BCUT2D eigenvalue weighted by atomic mass is 16.6. The van der Waals surface area contributed by atoms with E-state index in [0.29, 0.717) is 17.0 Å². The molecular formula is C18H19N3O5. The molecule has 1 N–H and O–H groups in total. The number of anilines is 1. The van der Waals surface area contributed by atoms with E-state index in [-0.39, 0.29) is 17.2 Å². The zero-order chi connectivity index (χ0) is 19.4. The van der Waals surface area contributed by atoms with Gasteiger partial charge >= 0.3 is 0 Å². The summed E-state index contributed by atoms with van der Waals surface area (Å²) >= 11 is 0. The molecule has 0 saturated heterocycles. The van der Waals surface area contributed by atoms with Crippen molar-refractivity contribution in [1.82, 2.24) is 4.90 Å². The largest absolute Gasteiger partial charge is 0.497 e. The minimum Gasteiger partial charge on any atom is -0.497 e. The van der Waals surface area contributed by atoms with Crippen LogP contribution >= 0.6 is 0 Å². The first-order valence-electron chi connectivity index (χ1n) is 7.70. The predicted octanol–water partition coefficient (Wildman–Crippen LogP) is 2.87. The van der Waals surface area contributed by atoms with Gasteiger partial charge in [-0.1, -0.05) is 6.07 Å². The number of rotatable bonds is 5. The molecule has 0 atom stereocenters. The van der Waals surface area contributed by atoms with Crippen LogP contribution in [-0.4, -0.2) is 42.8 Å². The number of nitro benzene ring substituents is 1. The van der Waals surface area contributed by atoms with Gasteiger partial charge in [-0.3, -0.25) is 19.7 Å². The van der Waals surface area contributed by atoms with Gasteiger partial charge in [0.15, 0.2) is 0 Å². The Hall–Kier alpha value is -3.42. The van der Waals surface area contributed by atoms with Gasteiger partial charge in [0, 0.05) is 31.4 Å². The van der Waals surface area contributed by atoms with Gasteiger partial charge in [-0.25, -0.2) is 0 Å². The molecule has 0 aliphatic heterocycles. The highest BCUT2D eigenvalue weighted by molar-refractivity contribution is 6.08. The summed E-state index contributed by atoms with van der Waals surface area (Å²) < 4.78 is 5.04. The minimum absolute atomic E-state index is 0.127. The van der Waals surface area contributed by atoms with Crippen molar-refractivity contribution >= 4 is 23.2 Å². The fourth-order valence-electron chi connectivity index (χ4n) is 2.32. The second-order valence-electron chi connectivity index (χ2n) is 5.82. The lowest BCUT2D eigenvalue weighted by Crippen LogP contribution is -2.22. The number of nitrogens with zero attached hydrogens (tertiary/aromatic N) is 2. The van der Waals surface area contributed by atoms with Crippen molar-refractivity contribution in [2.45, 2.75) is 6.92 Å². The number of benzene rings is 2. The third-order valence-corrected chi connectivity index (χ3v) is 3.78. The van der Waals surface area contributed by atoms with Gasteiger partial charge in [0.1, 0.15) is 11.3 Å². The van der Waals surface area contributed by atoms with Crippen molar-refractivity contribution in [3.8, 4) is 5.75 Å². The van der Waals surface area contributed by atoms with Crippen LogP contribution in [0.15, 0.2) is 36.4 Å². The number of carbonyl (C=O) groups is 2. The van der Waals surface area contributed by atoms with E-state index < -0.39 is 10.8 Å². The summed E-state index contributed by atoms with van der Waals surface area (Å²) in [4.78, 5) is 36.7. The molecule has 0 radical (unpaired) electrons. The highest BCUT2D eigenvalue weighted by Crippen LogP contribution is 2.26. The van der Waals surface area contributed by atoms with Crippen LogP contribution in [0.5, 0.6) is 5.75 Å². The molecule has 136 valence electrons. The lowest BCUT2D eigenvalue weighted by Gasteiger charge is -2.14. The number of methoxy groups -OCH3 is 1. The van der Waals surface area contributed by atoms with E-state index in [1.165, 1.54) is 30.2 Å². The molecule has 0 aliphatic carbocycles. The molecule has 0 heterocycles. The number of hydrogen-bond acceptors (Lipinski definition) is 5. The third-order valence-electron chi connectivity index (χ3n) is 3.78. The van der Waals surface area contributed by atoms with Crippen LogP contribution in [0.25, 0.3) is 0 Å². The molecule has 2 rings (SSSR count). The highest BCUT2D eigenvalue weighted by Gasteiger charge is 2.22. The van der Waals surface area contributed by atoms with Crippen molar-refractivity contribution in [2.24, 2.45) is 0 Å². The molecule has 8 nitrogen and oxygen atoms in total. The maximum atomic E-state index is 12.6. The Morgan fingerprint density at radius 1 is 1.15 bits per heavy atom. The van der Waals surface area contributed by atoms with E-state index in [0.717, 1.165) is 5.56 Å². The first-order chi connectivity index (χ1) is 12.2. The van der Waals surface area contributed by atoms with Gasteiger partial charge in [-0.2, -0.15) is 0 Å². The zero-order valence-corrected chi connectivity index (χ0v) is 14.9. The number of amides is 2. The molecular weight excluding hydrogens is 338 g/mol. The van der Waals surface area contributed by atoms with E-state index in [1.807, 2.05) is 0 Å². The lowest BCUT2D eigenvalue weighted by atomic mass is 10.1. The van der Waals surface area contributed by atoms with Crippen LogP contribution in [0.4, 0.5) is 11.4 Å². The van der Waals surface area contributed by atoms with Crippen molar-refractivity contribution in [3.63, 3.8) is 0 Å². The Morgan fingerprint density at radius 2 is 1.85 bits per heavy atom. The summed E-state index contributed by atoms with van der Waals surface area (Å²) in [6, 6.07) is 8.83. The summed E-state index contributed by atoms with van der Waals surface area (Å²) in [7, 11) is 4.66. The summed E-state index contributed by atoms with van der Waals surface area (Å²) in [5.41, 5.74) is 1.06.